The van der Waals surface area contributed by atoms with E-state index in [4.69, 9.17) is 18.9 Å². The van der Waals surface area contributed by atoms with Crippen molar-refractivity contribution in [3.63, 3.8) is 0 Å². The van der Waals surface area contributed by atoms with E-state index >= 15 is 0 Å². The zero-order valence-corrected chi connectivity index (χ0v) is 16.2. The predicted octanol–water partition coefficient (Wildman–Crippen LogP) is 3.52. The van der Waals surface area contributed by atoms with Crippen molar-refractivity contribution in [2.45, 2.75) is 6.10 Å². The minimum absolute atomic E-state index is 0.169. The van der Waals surface area contributed by atoms with Crippen LogP contribution in [0, 0.1) is 0 Å². The topological polar surface area (TPSA) is 97.6 Å². The van der Waals surface area contributed by atoms with E-state index in [0.29, 0.717) is 46.0 Å². The number of thiophene rings is 3. The Balaban J connectivity index is 1.70. The van der Waals surface area contributed by atoms with E-state index in [1.165, 1.54) is 39.4 Å². The van der Waals surface area contributed by atoms with Gasteiger partial charge in [0.15, 0.2) is 40.6 Å². The summed E-state index contributed by atoms with van der Waals surface area (Å²) in [5.41, 5.74) is 0. The molecule has 0 amide bonds. The highest BCUT2D eigenvalue weighted by atomic mass is 32.1. The molecule has 2 aliphatic heterocycles. The molecule has 0 saturated heterocycles. The predicted molar refractivity (Wildman–Crippen MR) is 102 cm³/mol. The van der Waals surface area contributed by atoms with Crippen molar-refractivity contribution in [1.29, 1.82) is 0 Å². The van der Waals surface area contributed by atoms with E-state index in [-0.39, 0.29) is 24.7 Å². The fourth-order valence-electron chi connectivity index (χ4n) is 2.93. The normalized spacial score (nSPS) is 17.9. The summed E-state index contributed by atoms with van der Waals surface area (Å²) in [6.45, 7) is 1.00. The molecule has 0 bridgehead atoms. The lowest BCUT2D eigenvalue weighted by Gasteiger charge is -2.24. The Hall–Kier alpha value is -2.14. The first-order chi connectivity index (χ1) is 13.2. The second-order valence-corrected chi connectivity index (χ2v) is 8.69. The largest absolute Gasteiger partial charge is 0.504 e. The van der Waals surface area contributed by atoms with Crippen LogP contribution in [0.15, 0.2) is 10.8 Å². The van der Waals surface area contributed by atoms with Crippen molar-refractivity contribution < 1.29 is 34.3 Å². The van der Waals surface area contributed by atoms with Gasteiger partial charge in [-0.2, -0.15) is 0 Å². The van der Waals surface area contributed by atoms with Gasteiger partial charge in [0.25, 0.3) is 0 Å². The number of hydrogen-bond acceptors (Lipinski definition) is 10. The summed E-state index contributed by atoms with van der Waals surface area (Å²) in [4.78, 5) is 2.80. The monoisotopic (exact) mass is 426 g/mol. The molecule has 3 N–H and O–H groups in total. The zero-order chi connectivity index (χ0) is 18.5. The van der Waals surface area contributed by atoms with Gasteiger partial charge in [-0.25, -0.2) is 0 Å². The SMILES string of the molecule is OCC1COc2c(-c3scc(O)c3O)sc(-c3scc4c3OCCO4)c2O1. The molecular formula is C17H14O7S3. The van der Waals surface area contributed by atoms with Gasteiger partial charge >= 0.3 is 0 Å². The van der Waals surface area contributed by atoms with Gasteiger partial charge in [-0.3, -0.25) is 0 Å². The van der Waals surface area contributed by atoms with Gasteiger partial charge in [0.1, 0.15) is 19.8 Å². The molecule has 3 aromatic rings. The quantitative estimate of drug-likeness (QED) is 0.589. The highest BCUT2D eigenvalue weighted by Crippen LogP contribution is 2.61. The van der Waals surface area contributed by atoms with Crippen LogP contribution >= 0.6 is 34.0 Å². The van der Waals surface area contributed by atoms with Crippen LogP contribution in [0.2, 0.25) is 0 Å². The number of hydrogen-bond donors (Lipinski definition) is 3. The van der Waals surface area contributed by atoms with Crippen molar-refractivity contribution in [2.24, 2.45) is 0 Å². The lowest BCUT2D eigenvalue weighted by molar-refractivity contribution is 0.0474. The number of rotatable bonds is 3. The number of fused-ring (bicyclic) bond motifs is 2. The third-order valence-corrected chi connectivity index (χ3v) is 7.56. The summed E-state index contributed by atoms with van der Waals surface area (Å²) < 4.78 is 23.3. The minimum Gasteiger partial charge on any atom is -0.504 e. The first kappa shape index (κ1) is 17.0. The first-order valence-electron chi connectivity index (χ1n) is 8.11. The molecule has 142 valence electrons. The summed E-state index contributed by atoms with van der Waals surface area (Å²) in [6, 6.07) is 0. The lowest BCUT2D eigenvalue weighted by atomic mass is 10.2. The Morgan fingerprint density at radius 2 is 1.67 bits per heavy atom. The van der Waals surface area contributed by atoms with E-state index < -0.39 is 6.10 Å². The van der Waals surface area contributed by atoms with Gasteiger partial charge in [-0.05, 0) is 0 Å². The standard InChI is InChI=1S/C17H14O7S3/c18-3-7-4-23-12-13(24-7)17(15-11-9(6-26-15)21-1-2-22-11)27-16(12)14-10(20)8(19)5-25-14/h5-7,18-20H,1-4H2. The molecular weight excluding hydrogens is 412 g/mol. The molecule has 0 fully saturated rings. The summed E-state index contributed by atoms with van der Waals surface area (Å²) in [7, 11) is 0. The van der Waals surface area contributed by atoms with Gasteiger partial charge in [-0.1, -0.05) is 0 Å². The van der Waals surface area contributed by atoms with Crippen LogP contribution < -0.4 is 18.9 Å². The maximum absolute atomic E-state index is 10.2. The number of aliphatic hydroxyl groups is 1. The van der Waals surface area contributed by atoms with Gasteiger partial charge < -0.3 is 34.3 Å². The fraction of sp³-hybridized carbons (Fsp3) is 0.294. The van der Waals surface area contributed by atoms with Gasteiger partial charge in [0.05, 0.1) is 26.1 Å². The summed E-state index contributed by atoms with van der Waals surface area (Å²) in [5, 5.41) is 32.8. The Morgan fingerprint density at radius 1 is 0.889 bits per heavy atom. The maximum atomic E-state index is 10.2. The van der Waals surface area contributed by atoms with Gasteiger partial charge in [0, 0.05) is 10.8 Å². The summed E-state index contributed by atoms with van der Waals surface area (Å²) >= 11 is 4.07. The van der Waals surface area contributed by atoms with Crippen LogP contribution in [0.4, 0.5) is 0 Å². The molecule has 1 atom stereocenters. The third kappa shape index (κ3) is 2.63. The molecule has 0 aromatic carbocycles. The smallest absolute Gasteiger partial charge is 0.182 e. The van der Waals surface area contributed by atoms with Crippen LogP contribution in [0.5, 0.6) is 34.5 Å². The molecule has 5 rings (SSSR count). The Bertz CT molecular complexity index is 1000. The summed E-state index contributed by atoms with van der Waals surface area (Å²) in [6.07, 6.45) is -0.475. The average Bonchev–Trinajstić information content (AvgIpc) is 3.37. The van der Waals surface area contributed by atoms with Crippen LogP contribution in [0.1, 0.15) is 0 Å². The van der Waals surface area contributed by atoms with Crippen molar-refractivity contribution >= 4 is 34.0 Å². The second kappa shape index (κ2) is 6.48. The molecule has 0 spiro atoms. The van der Waals surface area contributed by atoms with Crippen LogP contribution in [0.3, 0.4) is 0 Å². The molecule has 5 heterocycles. The zero-order valence-electron chi connectivity index (χ0n) is 13.8. The van der Waals surface area contributed by atoms with Crippen molar-refractivity contribution in [3.8, 4) is 54.0 Å². The Morgan fingerprint density at radius 3 is 2.44 bits per heavy atom. The molecule has 0 aliphatic carbocycles. The highest BCUT2D eigenvalue weighted by molar-refractivity contribution is 7.27. The number of aliphatic hydroxyl groups excluding tert-OH is 1. The Labute approximate surface area is 165 Å². The average molecular weight is 426 g/mol. The first-order valence-corrected chi connectivity index (χ1v) is 10.7. The van der Waals surface area contributed by atoms with Crippen molar-refractivity contribution in [3.05, 3.63) is 10.8 Å². The van der Waals surface area contributed by atoms with E-state index in [0.717, 1.165) is 9.75 Å². The van der Waals surface area contributed by atoms with Gasteiger partial charge in [0.2, 0.25) is 0 Å². The molecule has 0 saturated carbocycles. The summed E-state index contributed by atoms with van der Waals surface area (Å²) in [5.74, 6) is 2.00. The van der Waals surface area contributed by atoms with Crippen LogP contribution in [-0.2, 0) is 0 Å². The van der Waals surface area contributed by atoms with Crippen molar-refractivity contribution in [2.75, 3.05) is 26.4 Å². The second-order valence-electron chi connectivity index (χ2n) is 5.91. The minimum atomic E-state index is -0.475. The fourth-order valence-corrected chi connectivity index (χ4v) is 6.15. The molecule has 27 heavy (non-hydrogen) atoms. The third-order valence-electron chi connectivity index (χ3n) is 4.18. The number of ether oxygens (including phenoxy) is 4. The van der Waals surface area contributed by atoms with Crippen LogP contribution in [0.25, 0.3) is 19.5 Å². The maximum Gasteiger partial charge on any atom is 0.182 e. The molecule has 1 unspecified atom stereocenters. The molecule has 3 aromatic heterocycles. The number of aromatic hydroxyl groups is 2. The Kier molecular flexibility index (Phi) is 4.08. The van der Waals surface area contributed by atoms with Crippen LogP contribution in [-0.4, -0.2) is 47.9 Å². The molecule has 2 aliphatic rings. The molecule has 0 radical (unpaired) electrons. The lowest BCUT2D eigenvalue weighted by Crippen LogP contribution is -2.32. The molecule has 10 heteroatoms. The van der Waals surface area contributed by atoms with E-state index in [1.54, 1.807) is 0 Å². The van der Waals surface area contributed by atoms with E-state index in [2.05, 4.69) is 0 Å². The highest BCUT2D eigenvalue weighted by Gasteiger charge is 2.34. The molecule has 7 nitrogen and oxygen atoms in total. The van der Waals surface area contributed by atoms with Crippen molar-refractivity contribution in [1.82, 2.24) is 0 Å². The van der Waals surface area contributed by atoms with E-state index in [1.807, 2.05) is 5.38 Å². The van der Waals surface area contributed by atoms with Gasteiger partial charge in [-0.15, -0.1) is 34.0 Å². The van der Waals surface area contributed by atoms with E-state index in [9.17, 15) is 15.3 Å².